The number of carbonyl (C=O) groups is 1. The van der Waals surface area contributed by atoms with Crippen molar-refractivity contribution in [3.8, 4) is 5.75 Å². The molecule has 9 nitrogen and oxygen atoms in total. The third-order valence-corrected chi connectivity index (χ3v) is 5.16. The second kappa shape index (κ2) is 9.57. The first-order valence-electron chi connectivity index (χ1n) is 10.4. The maximum absolute atomic E-state index is 13.5. The van der Waals surface area contributed by atoms with Crippen molar-refractivity contribution in [3.63, 3.8) is 0 Å². The van der Waals surface area contributed by atoms with Gasteiger partial charge in [-0.25, -0.2) is 4.39 Å². The van der Waals surface area contributed by atoms with Gasteiger partial charge in [-0.2, -0.15) is 5.10 Å². The minimum atomic E-state index is -0.532. The number of nitrogens with zero attached hydrogens (tertiary/aromatic N) is 3. The van der Waals surface area contributed by atoms with Crippen LogP contribution in [-0.2, 0) is 13.2 Å². The van der Waals surface area contributed by atoms with Crippen molar-refractivity contribution >= 4 is 17.3 Å². The van der Waals surface area contributed by atoms with Gasteiger partial charge in [-0.05, 0) is 49.7 Å². The van der Waals surface area contributed by atoms with E-state index < -0.39 is 10.8 Å². The van der Waals surface area contributed by atoms with Gasteiger partial charge in [0.1, 0.15) is 18.2 Å². The standard InChI is InChI=1S/C24H21FN4O5/c1-15-23(16(2)28(27-15)13-17-6-5-7-18(25)12-17)26-24(30)22-11-10-19(34-22)14-33-21-9-4-3-8-20(21)29(31)32/h3-12H,13-14H2,1-2H3,(H,26,30). The topological polar surface area (TPSA) is 112 Å². The number of furan rings is 1. The molecule has 2 aromatic heterocycles. The van der Waals surface area contributed by atoms with Gasteiger partial charge < -0.3 is 14.5 Å². The van der Waals surface area contributed by atoms with Crippen molar-refractivity contribution in [2.75, 3.05) is 5.32 Å². The predicted octanol–water partition coefficient (Wildman–Crippen LogP) is 5.02. The van der Waals surface area contributed by atoms with Gasteiger partial charge in [0.2, 0.25) is 0 Å². The van der Waals surface area contributed by atoms with Gasteiger partial charge in [-0.15, -0.1) is 0 Å². The Labute approximate surface area is 193 Å². The number of hydrogen-bond donors (Lipinski definition) is 1. The molecular weight excluding hydrogens is 443 g/mol. The molecule has 0 unspecified atom stereocenters. The summed E-state index contributed by atoms with van der Waals surface area (Å²) < 4.78 is 26.2. The molecule has 4 rings (SSSR count). The van der Waals surface area contributed by atoms with Crippen LogP contribution in [0.1, 0.15) is 33.3 Å². The first-order valence-corrected chi connectivity index (χ1v) is 10.4. The number of amides is 1. The molecule has 0 bridgehead atoms. The van der Waals surface area contributed by atoms with Crippen molar-refractivity contribution < 1.29 is 23.3 Å². The molecule has 0 atom stereocenters. The molecule has 2 heterocycles. The van der Waals surface area contributed by atoms with Gasteiger partial charge in [-0.3, -0.25) is 19.6 Å². The van der Waals surface area contributed by atoms with Crippen molar-refractivity contribution in [1.29, 1.82) is 0 Å². The van der Waals surface area contributed by atoms with Crippen LogP contribution in [-0.4, -0.2) is 20.6 Å². The van der Waals surface area contributed by atoms with Crippen LogP contribution in [0.25, 0.3) is 0 Å². The highest BCUT2D eigenvalue weighted by Crippen LogP contribution is 2.27. The summed E-state index contributed by atoms with van der Waals surface area (Å²) in [4.78, 5) is 23.3. The zero-order valence-electron chi connectivity index (χ0n) is 18.4. The fourth-order valence-electron chi connectivity index (χ4n) is 3.47. The van der Waals surface area contributed by atoms with E-state index >= 15 is 0 Å². The van der Waals surface area contributed by atoms with Crippen molar-refractivity contribution in [2.45, 2.75) is 27.0 Å². The number of aryl methyl sites for hydroxylation is 1. The molecule has 0 saturated carbocycles. The third kappa shape index (κ3) is 4.96. The molecule has 0 aliphatic heterocycles. The summed E-state index contributed by atoms with van der Waals surface area (Å²) in [7, 11) is 0. The summed E-state index contributed by atoms with van der Waals surface area (Å²) in [5.41, 5.74) is 2.44. The average molecular weight is 464 g/mol. The summed E-state index contributed by atoms with van der Waals surface area (Å²) in [6.07, 6.45) is 0. The molecule has 0 aliphatic rings. The number of aromatic nitrogens is 2. The van der Waals surface area contributed by atoms with Gasteiger partial charge in [0.15, 0.2) is 11.5 Å². The van der Waals surface area contributed by atoms with Crippen LogP contribution in [0, 0.1) is 29.8 Å². The third-order valence-electron chi connectivity index (χ3n) is 5.16. The van der Waals surface area contributed by atoms with Crippen LogP contribution >= 0.6 is 0 Å². The molecule has 34 heavy (non-hydrogen) atoms. The summed E-state index contributed by atoms with van der Waals surface area (Å²) in [5.74, 6) is -0.316. The molecule has 10 heteroatoms. The summed E-state index contributed by atoms with van der Waals surface area (Å²) in [5, 5.41) is 18.3. The number of rotatable bonds is 8. The molecule has 174 valence electrons. The lowest BCUT2D eigenvalue weighted by Crippen LogP contribution is -2.12. The molecule has 0 fully saturated rings. The number of halogens is 1. The lowest BCUT2D eigenvalue weighted by atomic mass is 10.2. The number of nitro benzene ring substituents is 1. The first-order chi connectivity index (χ1) is 16.3. The number of nitrogens with one attached hydrogen (secondary N) is 1. The second-order valence-corrected chi connectivity index (χ2v) is 7.57. The fourth-order valence-corrected chi connectivity index (χ4v) is 3.47. The van der Waals surface area contributed by atoms with Crippen molar-refractivity contribution in [1.82, 2.24) is 9.78 Å². The predicted molar refractivity (Wildman–Crippen MR) is 121 cm³/mol. The molecule has 0 saturated heterocycles. The van der Waals surface area contributed by atoms with E-state index in [1.54, 1.807) is 41.9 Å². The van der Waals surface area contributed by atoms with Gasteiger partial charge >= 0.3 is 5.69 Å². The lowest BCUT2D eigenvalue weighted by Gasteiger charge is -2.07. The maximum atomic E-state index is 13.5. The molecule has 0 radical (unpaired) electrons. The van der Waals surface area contributed by atoms with Crippen molar-refractivity contribution in [2.24, 2.45) is 0 Å². The van der Waals surface area contributed by atoms with Crippen LogP contribution in [0.5, 0.6) is 5.75 Å². The number of para-hydroxylation sites is 2. The number of hydrogen-bond acceptors (Lipinski definition) is 6. The number of ether oxygens (including phenoxy) is 1. The number of anilines is 1. The van der Waals surface area contributed by atoms with E-state index in [2.05, 4.69) is 10.4 Å². The zero-order valence-corrected chi connectivity index (χ0v) is 18.4. The Morgan fingerprint density at radius 3 is 2.74 bits per heavy atom. The quantitative estimate of drug-likeness (QED) is 0.289. The Kier molecular flexibility index (Phi) is 6.39. The Morgan fingerprint density at radius 1 is 1.18 bits per heavy atom. The van der Waals surface area contributed by atoms with Crippen LogP contribution in [0.2, 0.25) is 0 Å². The molecule has 0 aliphatic carbocycles. The summed E-state index contributed by atoms with van der Waals surface area (Å²) in [6.45, 7) is 3.85. The van der Waals surface area contributed by atoms with Gasteiger partial charge in [-0.1, -0.05) is 24.3 Å². The molecular formula is C24H21FN4O5. The van der Waals surface area contributed by atoms with E-state index in [-0.39, 0.29) is 29.6 Å². The van der Waals surface area contributed by atoms with Crippen molar-refractivity contribution in [3.05, 3.63) is 105 Å². The Balaban J connectivity index is 1.43. The molecule has 4 aromatic rings. The summed E-state index contributed by atoms with van der Waals surface area (Å²) in [6, 6.07) is 15.3. The summed E-state index contributed by atoms with van der Waals surface area (Å²) >= 11 is 0. The zero-order chi connectivity index (χ0) is 24.2. The van der Waals surface area contributed by atoms with Crippen LogP contribution in [0.3, 0.4) is 0 Å². The number of nitro groups is 1. The number of benzene rings is 2. The minimum absolute atomic E-state index is 0.0536. The average Bonchev–Trinajstić information content (AvgIpc) is 3.38. The highest BCUT2D eigenvalue weighted by atomic mass is 19.1. The van der Waals surface area contributed by atoms with Gasteiger partial charge in [0, 0.05) is 6.07 Å². The molecule has 1 amide bonds. The Bertz CT molecular complexity index is 1360. The first kappa shape index (κ1) is 22.7. The van der Waals surface area contributed by atoms with E-state index in [1.165, 1.54) is 30.3 Å². The highest BCUT2D eigenvalue weighted by molar-refractivity contribution is 6.02. The van der Waals surface area contributed by atoms with Crippen LogP contribution in [0.4, 0.5) is 15.8 Å². The number of carbonyl (C=O) groups excluding carboxylic acids is 1. The van der Waals surface area contributed by atoms with E-state index in [1.807, 2.05) is 6.92 Å². The smallest absolute Gasteiger partial charge is 0.310 e. The van der Waals surface area contributed by atoms with Gasteiger partial charge in [0.05, 0.1) is 28.5 Å². The molecule has 2 aromatic carbocycles. The van der Waals surface area contributed by atoms with Gasteiger partial charge in [0.25, 0.3) is 5.91 Å². The van der Waals surface area contributed by atoms with Crippen LogP contribution < -0.4 is 10.1 Å². The van der Waals surface area contributed by atoms with E-state index in [4.69, 9.17) is 9.15 Å². The normalized spacial score (nSPS) is 10.8. The Morgan fingerprint density at radius 2 is 1.97 bits per heavy atom. The van der Waals surface area contributed by atoms with E-state index in [0.717, 1.165) is 5.56 Å². The maximum Gasteiger partial charge on any atom is 0.310 e. The second-order valence-electron chi connectivity index (χ2n) is 7.57. The SMILES string of the molecule is Cc1nn(Cc2cccc(F)c2)c(C)c1NC(=O)c1ccc(COc2ccccc2[N+](=O)[O-])o1. The lowest BCUT2D eigenvalue weighted by molar-refractivity contribution is -0.386. The molecule has 0 spiro atoms. The van der Waals surface area contributed by atoms with E-state index in [9.17, 15) is 19.3 Å². The highest BCUT2D eigenvalue weighted by Gasteiger charge is 2.19. The largest absolute Gasteiger partial charge is 0.479 e. The fraction of sp³-hybridized carbons (Fsp3) is 0.167. The van der Waals surface area contributed by atoms with Crippen LogP contribution in [0.15, 0.2) is 65.1 Å². The van der Waals surface area contributed by atoms with E-state index in [0.29, 0.717) is 29.4 Å². The Hall–Kier alpha value is -4.47. The minimum Gasteiger partial charge on any atom is -0.479 e. The molecule has 1 N–H and O–H groups in total. The monoisotopic (exact) mass is 464 g/mol.